The molecule has 1 saturated heterocycles. The van der Waals surface area contributed by atoms with Crippen molar-refractivity contribution in [3.05, 3.63) is 76.0 Å². The number of amides is 1. The second-order valence-electron chi connectivity index (χ2n) is 7.85. The number of halogens is 1. The third kappa shape index (κ3) is 4.42. The summed E-state index contributed by atoms with van der Waals surface area (Å²) in [4.78, 5) is 17.7. The van der Waals surface area contributed by atoms with Gasteiger partial charge >= 0.3 is 0 Å². The molecule has 0 radical (unpaired) electrons. The number of aryl methyl sites for hydroxylation is 2. The molecule has 2 aromatic carbocycles. The summed E-state index contributed by atoms with van der Waals surface area (Å²) in [5.74, 6) is 0.483. The van der Waals surface area contributed by atoms with E-state index in [1.165, 1.54) is 11.1 Å². The van der Waals surface area contributed by atoms with E-state index in [9.17, 15) is 4.79 Å². The monoisotopic (exact) mass is 423 g/mol. The van der Waals surface area contributed by atoms with E-state index in [-0.39, 0.29) is 5.91 Å². The summed E-state index contributed by atoms with van der Waals surface area (Å²) in [5, 5.41) is 4.70. The van der Waals surface area contributed by atoms with Crippen molar-refractivity contribution in [2.24, 2.45) is 0 Å². The van der Waals surface area contributed by atoms with Gasteiger partial charge in [0.1, 0.15) is 17.0 Å². The van der Waals surface area contributed by atoms with Crippen LogP contribution in [0.15, 0.2) is 53.1 Å². The second-order valence-corrected chi connectivity index (χ2v) is 8.26. The lowest BCUT2D eigenvalue weighted by Gasteiger charge is -2.22. The maximum Gasteiger partial charge on any atom is 0.259 e. The molecule has 30 heavy (non-hydrogen) atoms. The fourth-order valence-electron chi connectivity index (χ4n) is 3.90. The van der Waals surface area contributed by atoms with Crippen LogP contribution in [0.5, 0.6) is 0 Å². The van der Waals surface area contributed by atoms with Gasteiger partial charge in [0, 0.05) is 38.3 Å². The molecule has 2 heterocycles. The van der Waals surface area contributed by atoms with E-state index in [1.54, 1.807) is 13.0 Å². The first-order valence-corrected chi connectivity index (χ1v) is 10.7. The van der Waals surface area contributed by atoms with E-state index in [0.29, 0.717) is 28.6 Å². The van der Waals surface area contributed by atoms with Gasteiger partial charge in [-0.3, -0.25) is 9.69 Å². The highest BCUT2D eigenvalue weighted by Crippen LogP contribution is 2.32. The lowest BCUT2D eigenvalue weighted by Crippen LogP contribution is -2.35. The standard InChI is InChI=1S/C24H26ClN3O2/c1-17-8-10-19(11-9-17)16-27-12-5-13-28(15-14-27)24(29)22-18(2)30-26-23(22)20-6-3-4-7-21(20)25/h3-4,6-11H,5,12-16H2,1-2H3. The summed E-state index contributed by atoms with van der Waals surface area (Å²) in [6.07, 6.45) is 0.934. The van der Waals surface area contributed by atoms with Gasteiger partial charge in [0.2, 0.25) is 0 Å². The van der Waals surface area contributed by atoms with Crippen LogP contribution in [0.2, 0.25) is 5.02 Å². The number of aromatic nitrogens is 1. The molecule has 1 fully saturated rings. The van der Waals surface area contributed by atoms with Crippen molar-refractivity contribution in [3.8, 4) is 11.3 Å². The molecule has 6 heteroatoms. The summed E-state index contributed by atoms with van der Waals surface area (Å²) >= 11 is 6.35. The summed E-state index contributed by atoms with van der Waals surface area (Å²) in [5.41, 5.74) is 4.31. The van der Waals surface area contributed by atoms with Crippen LogP contribution in [0, 0.1) is 13.8 Å². The maximum atomic E-state index is 13.4. The zero-order valence-electron chi connectivity index (χ0n) is 17.4. The Morgan fingerprint density at radius 3 is 2.57 bits per heavy atom. The number of carbonyl (C=O) groups is 1. The number of carbonyl (C=O) groups excluding carboxylic acids is 1. The van der Waals surface area contributed by atoms with Crippen LogP contribution in [0.1, 0.15) is 33.7 Å². The van der Waals surface area contributed by atoms with Crippen LogP contribution in [-0.4, -0.2) is 47.0 Å². The molecule has 0 atom stereocenters. The summed E-state index contributed by atoms with van der Waals surface area (Å²) in [6, 6.07) is 16.1. The molecule has 1 aromatic heterocycles. The van der Waals surface area contributed by atoms with Gasteiger partial charge in [-0.05, 0) is 31.9 Å². The molecule has 1 aliphatic heterocycles. The van der Waals surface area contributed by atoms with Crippen LogP contribution >= 0.6 is 11.6 Å². The summed E-state index contributed by atoms with van der Waals surface area (Å²) in [6.45, 7) is 7.99. The predicted molar refractivity (Wildman–Crippen MR) is 119 cm³/mol. The van der Waals surface area contributed by atoms with Crippen molar-refractivity contribution in [2.75, 3.05) is 26.2 Å². The molecule has 5 nitrogen and oxygen atoms in total. The van der Waals surface area contributed by atoms with Crippen LogP contribution in [-0.2, 0) is 6.54 Å². The average Bonchev–Trinajstić information content (AvgIpc) is 2.97. The van der Waals surface area contributed by atoms with E-state index in [4.69, 9.17) is 16.1 Å². The zero-order chi connectivity index (χ0) is 21.1. The SMILES string of the molecule is Cc1ccc(CN2CCCN(C(=O)c3c(-c4ccccc4Cl)noc3C)CC2)cc1. The minimum absolute atomic E-state index is 0.0409. The largest absolute Gasteiger partial charge is 0.360 e. The van der Waals surface area contributed by atoms with Crippen molar-refractivity contribution >= 4 is 17.5 Å². The first-order valence-electron chi connectivity index (χ1n) is 10.3. The van der Waals surface area contributed by atoms with Crippen LogP contribution in [0.4, 0.5) is 0 Å². The highest BCUT2D eigenvalue weighted by atomic mass is 35.5. The number of rotatable bonds is 4. The third-order valence-electron chi connectivity index (χ3n) is 5.61. The smallest absolute Gasteiger partial charge is 0.259 e. The lowest BCUT2D eigenvalue weighted by atomic mass is 10.0. The van der Waals surface area contributed by atoms with E-state index in [0.717, 1.165) is 38.2 Å². The lowest BCUT2D eigenvalue weighted by molar-refractivity contribution is 0.0760. The van der Waals surface area contributed by atoms with E-state index < -0.39 is 0 Å². The predicted octanol–water partition coefficient (Wildman–Crippen LogP) is 4.96. The zero-order valence-corrected chi connectivity index (χ0v) is 18.2. The van der Waals surface area contributed by atoms with Gasteiger partial charge < -0.3 is 9.42 Å². The summed E-state index contributed by atoms with van der Waals surface area (Å²) in [7, 11) is 0. The number of benzene rings is 2. The number of hydrogen-bond acceptors (Lipinski definition) is 4. The molecule has 156 valence electrons. The Kier molecular flexibility index (Phi) is 6.21. The summed E-state index contributed by atoms with van der Waals surface area (Å²) < 4.78 is 5.39. The fraction of sp³-hybridized carbons (Fsp3) is 0.333. The van der Waals surface area contributed by atoms with E-state index >= 15 is 0 Å². The molecular formula is C24H26ClN3O2. The van der Waals surface area contributed by atoms with Crippen molar-refractivity contribution < 1.29 is 9.32 Å². The molecule has 3 aromatic rings. The van der Waals surface area contributed by atoms with Crippen LogP contribution < -0.4 is 0 Å². The first kappa shape index (κ1) is 20.6. The number of hydrogen-bond donors (Lipinski definition) is 0. The van der Waals surface area contributed by atoms with E-state index in [2.05, 4.69) is 41.2 Å². The molecule has 0 saturated carbocycles. The topological polar surface area (TPSA) is 49.6 Å². The average molecular weight is 424 g/mol. The van der Waals surface area contributed by atoms with Gasteiger partial charge in [-0.2, -0.15) is 0 Å². The van der Waals surface area contributed by atoms with Gasteiger partial charge in [0.25, 0.3) is 5.91 Å². The molecular weight excluding hydrogens is 398 g/mol. The Morgan fingerprint density at radius 2 is 1.80 bits per heavy atom. The molecule has 0 bridgehead atoms. The van der Waals surface area contributed by atoms with Crippen LogP contribution in [0.3, 0.4) is 0 Å². The molecule has 0 aliphatic carbocycles. The highest BCUT2D eigenvalue weighted by Gasteiger charge is 2.28. The molecule has 1 amide bonds. The van der Waals surface area contributed by atoms with Crippen molar-refractivity contribution in [1.29, 1.82) is 0 Å². The van der Waals surface area contributed by atoms with Gasteiger partial charge in [-0.25, -0.2) is 0 Å². The van der Waals surface area contributed by atoms with E-state index in [1.807, 2.05) is 23.1 Å². The van der Waals surface area contributed by atoms with Crippen molar-refractivity contribution in [1.82, 2.24) is 15.0 Å². The fourth-order valence-corrected chi connectivity index (χ4v) is 4.13. The molecule has 4 rings (SSSR count). The second kappa shape index (κ2) is 9.02. The maximum absolute atomic E-state index is 13.4. The Hall–Kier alpha value is -2.63. The molecule has 0 unspecified atom stereocenters. The minimum atomic E-state index is -0.0409. The Bertz CT molecular complexity index is 1030. The quantitative estimate of drug-likeness (QED) is 0.595. The molecule has 0 N–H and O–H groups in total. The van der Waals surface area contributed by atoms with Gasteiger partial charge in [0.05, 0.1) is 5.02 Å². The Labute approximate surface area is 182 Å². The van der Waals surface area contributed by atoms with Gasteiger partial charge in [0.15, 0.2) is 0 Å². The third-order valence-corrected chi connectivity index (χ3v) is 5.94. The Morgan fingerprint density at radius 1 is 1.03 bits per heavy atom. The van der Waals surface area contributed by atoms with Gasteiger partial charge in [-0.15, -0.1) is 0 Å². The molecule has 0 spiro atoms. The Balaban J connectivity index is 1.49. The first-order chi connectivity index (χ1) is 14.5. The molecule has 1 aliphatic rings. The normalized spacial score (nSPS) is 15.2. The van der Waals surface area contributed by atoms with Gasteiger partial charge in [-0.1, -0.05) is 64.8 Å². The van der Waals surface area contributed by atoms with Crippen LogP contribution in [0.25, 0.3) is 11.3 Å². The highest BCUT2D eigenvalue weighted by molar-refractivity contribution is 6.33. The minimum Gasteiger partial charge on any atom is -0.360 e. The van der Waals surface area contributed by atoms with Crippen molar-refractivity contribution in [3.63, 3.8) is 0 Å². The number of nitrogens with zero attached hydrogens (tertiary/aromatic N) is 3. The van der Waals surface area contributed by atoms with Crippen molar-refractivity contribution in [2.45, 2.75) is 26.8 Å².